The molecular weight excluding hydrogens is 427 g/mol. The number of nitrogens with zero attached hydrogens (tertiary/aromatic N) is 6. The van der Waals surface area contributed by atoms with Crippen LogP contribution in [0.25, 0.3) is 11.4 Å². The molecule has 0 spiro atoms. The standard InChI is InChI=1S/C22H21FN8S/c1-3-13-31-19(16-11-7-8-12-17(16)23)29-30-22(31)32-14(2)18-26-20(24)28-21(27-18)25-15-9-5-4-6-10-15/h3-12,14H,1,13H2,2H3,(H3,24,25,26,27,28). The van der Waals surface area contributed by atoms with E-state index in [1.807, 2.05) is 37.3 Å². The first-order valence-electron chi connectivity index (χ1n) is 9.84. The third kappa shape index (κ3) is 4.75. The number of nitrogen functional groups attached to an aromatic ring is 1. The predicted molar refractivity (Wildman–Crippen MR) is 124 cm³/mol. The summed E-state index contributed by atoms with van der Waals surface area (Å²) < 4.78 is 16.1. The lowest BCUT2D eigenvalue weighted by molar-refractivity contribution is 0.626. The number of nitrogens with two attached hydrogens (primary N) is 1. The molecule has 3 N–H and O–H groups in total. The summed E-state index contributed by atoms with van der Waals surface area (Å²) in [6.45, 7) is 6.15. The van der Waals surface area contributed by atoms with Crippen molar-refractivity contribution in [3.63, 3.8) is 0 Å². The van der Waals surface area contributed by atoms with E-state index in [1.54, 1.807) is 28.8 Å². The van der Waals surface area contributed by atoms with Crippen molar-refractivity contribution in [1.29, 1.82) is 0 Å². The van der Waals surface area contributed by atoms with E-state index in [4.69, 9.17) is 5.73 Å². The Bertz CT molecular complexity index is 1230. The Morgan fingerprint density at radius 1 is 1.09 bits per heavy atom. The predicted octanol–water partition coefficient (Wildman–Crippen LogP) is 4.63. The van der Waals surface area contributed by atoms with Gasteiger partial charge in [0.05, 0.1) is 10.8 Å². The van der Waals surface area contributed by atoms with Gasteiger partial charge in [-0.1, -0.05) is 48.2 Å². The molecule has 2 aromatic heterocycles. The first-order valence-corrected chi connectivity index (χ1v) is 10.7. The normalized spacial score (nSPS) is 11.8. The van der Waals surface area contributed by atoms with E-state index in [9.17, 15) is 4.39 Å². The van der Waals surface area contributed by atoms with Crippen LogP contribution in [0, 0.1) is 5.82 Å². The maximum Gasteiger partial charge on any atom is 0.232 e. The lowest BCUT2D eigenvalue weighted by Crippen LogP contribution is -2.09. The van der Waals surface area contributed by atoms with E-state index in [1.165, 1.54) is 17.8 Å². The Morgan fingerprint density at radius 2 is 1.84 bits per heavy atom. The number of aromatic nitrogens is 6. The van der Waals surface area contributed by atoms with Gasteiger partial charge in [-0.05, 0) is 31.2 Å². The zero-order valence-electron chi connectivity index (χ0n) is 17.3. The second kappa shape index (κ2) is 9.56. The molecular formula is C22H21FN8S. The molecule has 8 nitrogen and oxygen atoms in total. The van der Waals surface area contributed by atoms with Crippen molar-refractivity contribution in [2.24, 2.45) is 0 Å². The Balaban J connectivity index is 1.61. The largest absolute Gasteiger partial charge is 0.368 e. The van der Waals surface area contributed by atoms with Crippen LogP contribution in [0.5, 0.6) is 0 Å². The number of nitrogens with one attached hydrogen (secondary N) is 1. The van der Waals surface area contributed by atoms with Gasteiger partial charge in [0.25, 0.3) is 0 Å². The van der Waals surface area contributed by atoms with Gasteiger partial charge >= 0.3 is 0 Å². The van der Waals surface area contributed by atoms with Crippen LogP contribution < -0.4 is 11.1 Å². The summed E-state index contributed by atoms with van der Waals surface area (Å²) in [7, 11) is 0. The van der Waals surface area contributed by atoms with Crippen LogP contribution in [-0.4, -0.2) is 29.7 Å². The summed E-state index contributed by atoms with van der Waals surface area (Å²) in [6, 6.07) is 16.0. The highest BCUT2D eigenvalue weighted by atomic mass is 32.2. The van der Waals surface area contributed by atoms with Crippen molar-refractivity contribution >= 4 is 29.3 Å². The van der Waals surface area contributed by atoms with E-state index in [0.717, 1.165) is 5.69 Å². The molecule has 162 valence electrons. The highest BCUT2D eigenvalue weighted by Gasteiger charge is 2.21. The fourth-order valence-corrected chi connectivity index (χ4v) is 3.92. The number of hydrogen-bond acceptors (Lipinski definition) is 8. The molecule has 0 aliphatic carbocycles. The van der Waals surface area contributed by atoms with Gasteiger partial charge < -0.3 is 11.1 Å². The molecule has 2 aromatic carbocycles. The number of anilines is 3. The molecule has 0 saturated heterocycles. The minimum absolute atomic E-state index is 0.112. The SMILES string of the molecule is C=CCn1c(SC(C)c2nc(N)nc(Nc3ccccc3)n2)nnc1-c1ccccc1F. The zero-order valence-corrected chi connectivity index (χ0v) is 18.1. The Labute approximate surface area is 188 Å². The van der Waals surface area contributed by atoms with Crippen molar-refractivity contribution in [2.75, 3.05) is 11.1 Å². The summed E-state index contributed by atoms with van der Waals surface area (Å²) in [5.74, 6) is 1.02. The average molecular weight is 449 g/mol. The summed E-state index contributed by atoms with van der Waals surface area (Å²) in [5, 5.41) is 12.0. The van der Waals surface area contributed by atoms with Gasteiger partial charge in [0.15, 0.2) is 11.0 Å². The lowest BCUT2D eigenvalue weighted by atomic mass is 10.2. The molecule has 0 aliphatic heterocycles. The van der Waals surface area contributed by atoms with Crippen LogP contribution in [0.4, 0.5) is 22.0 Å². The average Bonchev–Trinajstić information content (AvgIpc) is 3.16. The number of thioether (sulfide) groups is 1. The molecule has 2 heterocycles. The summed E-state index contributed by atoms with van der Waals surface area (Å²) in [5.41, 5.74) is 7.13. The second-order valence-corrected chi connectivity index (χ2v) is 8.12. The van der Waals surface area contributed by atoms with Crippen LogP contribution in [0.15, 0.2) is 72.4 Å². The topological polar surface area (TPSA) is 107 Å². The Hall–Kier alpha value is -3.79. The number of para-hydroxylation sites is 1. The molecule has 32 heavy (non-hydrogen) atoms. The van der Waals surface area contributed by atoms with Gasteiger partial charge in [0.1, 0.15) is 11.6 Å². The molecule has 1 unspecified atom stereocenters. The number of allylic oxidation sites excluding steroid dienone is 1. The number of halogens is 1. The Kier molecular flexibility index (Phi) is 6.41. The fourth-order valence-electron chi connectivity index (χ4n) is 3.02. The monoisotopic (exact) mass is 448 g/mol. The van der Waals surface area contributed by atoms with E-state index in [0.29, 0.717) is 34.9 Å². The Morgan fingerprint density at radius 3 is 2.59 bits per heavy atom. The van der Waals surface area contributed by atoms with Crippen molar-refractivity contribution < 1.29 is 4.39 Å². The third-order valence-corrected chi connectivity index (χ3v) is 5.57. The molecule has 0 bridgehead atoms. The first-order chi connectivity index (χ1) is 15.5. The summed E-state index contributed by atoms with van der Waals surface area (Å²) >= 11 is 1.39. The van der Waals surface area contributed by atoms with E-state index < -0.39 is 0 Å². The second-order valence-electron chi connectivity index (χ2n) is 6.81. The van der Waals surface area contributed by atoms with Crippen LogP contribution in [0.3, 0.4) is 0 Å². The van der Waals surface area contributed by atoms with Gasteiger partial charge in [-0.25, -0.2) is 4.39 Å². The van der Waals surface area contributed by atoms with Crippen molar-refractivity contribution in [2.45, 2.75) is 23.9 Å². The highest BCUT2D eigenvalue weighted by molar-refractivity contribution is 7.99. The molecule has 1 atom stereocenters. The molecule has 10 heteroatoms. The molecule has 4 aromatic rings. The van der Waals surface area contributed by atoms with Gasteiger partial charge in [-0.3, -0.25) is 4.57 Å². The van der Waals surface area contributed by atoms with Gasteiger partial charge in [0.2, 0.25) is 11.9 Å². The molecule has 0 aliphatic rings. The van der Waals surface area contributed by atoms with Crippen molar-refractivity contribution in [3.8, 4) is 11.4 Å². The molecule has 0 radical (unpaired) electrons. The number of benzene rings is 2. The smallest absolute Gasteiger partial charge is 0.232 e. The number of rotatable bonds is 8. The quantitative estimate of drug-likeness (QED) is 0.297. The van der Waals surface area contributed by atoms with Gasteiger partial charge in [-0.2, -0.15) is 15.0 Å². The molecule has 0 saturated carbocycles. The maximum atomic E-state index is 14.3. The van der Waals surface area contributed by atoms with Gasteiger partial charge in [0, 0.05) is 12.2 Å². The van der Waals surface area contributed by atoms with E-state index >= 15 is 0 Å². The zero-order chi connectivity index (χ0) is 22.5. The van der Waals surface area contributed by atoms with Crippen LogP contribution in [0.1, 0.15) is 18.0 Å². The first kappa shape index (κ1) is 21.4. The third-order valence-electron chi connectivity index (χ3n) is 4.49. The minimum Gasteiger partial charge on any atom is -0.368 e. The van der Waals surface area contributed by atoms with Crippen LogP contribution in [0.2, 0.25) is 0 Å². The molecule has 4 rings (SSSR count). The van der Waals surface area contributed by atoms with Crippen LogP contribution >= 0.6 is 11.8 Å². The maximum absolute atomic E-state index is 14.3. The molecule has 0 fully saturated rings. The van der Waals surface area contributed by atoms with Crippen LogP contribution in [-0.2, 0) is 6.54 Å². The minimum atomic E-state index is -0.364. The summed E-state index contributed by atoms with van der Waals surface area (Å²) in [4.78, 5) is 13.0. The lowest BCUT2D eigenvalue weighted by Gasteiger charge is -2.13. The fraction of sp³-hybridized carbons (Fsp3) is 0.136. The van der Waals surface area contributed by atoms with Gasteiger partial charge in [-0.15, -0.1) is 16.8 Å². The number of hydrogen-bond donors (Lipinski definition) is 2. The summed E-state index contributed by atoms with van der Waals surface area (Å²) in [6.07, 6.45) is 1.71. The van der Waals surface area contributed by atoms with Crippen molar-refractivity contribution in [1.82, 2.24) is 29.7 Å². The van der Waals surface area contributed by atoms with E-state index in [-0.39, 0.29) is 17.0 Å². The molecule has 0 amide bonds. The highest BCUT2D eigenvalue weighted by Crippen LogP contribution is 2.35. The van der Waals surface area contributed by atoms with E-state index in [2.05, 4.69) is 37.0 Å². The van der Waals surface area contributed by atoms with Crippen molar-refractivity contribution in [3.05, 3.63) is 78.9 Å².